The maximum absolute atomic E-state index is 5.96. The van der Waals surface area contributed by atoms with Gasteiger partial charge in [-0.2, -0.15) is 12.1 Å². The molecule has 0 aromatic heterocycles. The summed E-state index contributed by atoms with van der Waals surface area (Å²) in [5.74, 6) is 1.41. The van der Waals surface area contributed by atoms with Gasteiger partial charge in [0.1, 0.15) is 0 Å². The van der Waals surface area contributed by atoms with Gasteiger partial charge in [0, 0.05) is 37.7 Å². The smallest absolute Gasteiger partial charge is 0.509 e. The molecule has 0 aliphatic carbocycles. The quantitative estimate of drug-likeness (QED) is 0.690. The van der Waals surface area contributed by atoms with E-state index in [1.54, 1.807) is 0 Å². The van der Waals surface area contributed by atoms with Crippen molar-refractivity contribution in [2.75, 3.05) is 23.9 Å². The van der Waals surface area contributed by atoms with Crippen molar-refractivity contribution in [3.8, 4) is 11.5 Å². The van der Waals surface area contributed by atoms with Gasteiger partial charge in [0.05, 0.1) is 0 Å². The van der Waals surface area contributed by atoms with Crippen molar-refractivity contribution in [1.29, 1.82) is 0 Å². The standard InChI is InChI=1S/C20H26N2O.V/c1-15(2)21(5)17-9-7-11-19(13-17)23-20-12-8-10-18(14-20)22(6)16(3)4;/h7-10,13-16H,1-6H3;/q-2;+2. The Balaban J connectivity index is 0.00000288. The molecule has 1 radical (unpaired) electrons. The molecular weight excluding hydrogens is 335 g/mol. The Hall–Kier alpha value is -1.58. The fourth-order valence-corrected chi connectivity index (χ4v) is 2.14. The van der Waals surface area contributed by atoms with E-state index < -0.39 is 0 Å². The molecule has 0 spiro atoms. The van der Waals surface area contributed by atoms with Gasteiger partial charge in [-0.15, -0.1) is 36.4 Å². The van der Waals surface area contributed by atoms with Gasteiger partial charge in [-0.25, -0.2) is 0 Å². The van der Waals surface area contributed by atoms with Crippen molar-refractivity contribution in [2.24, 2.45) is 0 Å². The van der Waals surface area contributed by atoms with Crippen LogP contribution in [-0.4, -0.2) is 26.2 Å². The third kappa shape index (κ3) is 5.22. The van der Waals surface area contributed by atoms with Crippen LogP contribution in [0, 0.1) is 12.1 Å². The molecule has 0 heterocycles. The van der Waals surface area contributed by atoms with Gasteiger partial charge in [0.25, 0.3) is 0 Å². The number of hydrogen-bond acceptors (Lipinski definition) is 3. The molecule has 4 heteroatoms. The molecule has 0 amide bonds. The van der Waals surface area contributed by atoms with Crippen molar-refractivity contribution < 1.29 is 23.3 Å². The average molecular weight is 361 g/mol. The number of benzene rings is 2. The van der Waals surface area contributed by atoms with Gasteiger partial charge in [0.2, 0.25) is 0 Å². The first-order valence-corrected chi connectivity index (χ1v) is 8.05. The zero-order chi connectivity index (χ0) is 17.0. The second-order valence-electron chi connectivity index (χ2n) is 6.33. The van der Waals surface area contributed by atoms with Gasteiger partial charge in [0.15, 0.2) is 0 Å². The third-order valence-corrected chi connectivity index (χ3v) is 4.10. The first kappa shape index (κ1) is 20.5. The van der Waals surface area contributed by atoms with Gasteiger partial charge in [-0.3, -0.25) is 0 Å². The van der Waals surface area contributed by atoms with Crippen LogP contribution in [0.25, 0.3) is 0 Å². The topological polar surface area (TPSA) is 15.7 Å². The Bertz CT molecular complexity index is 588. The van der Waals surface area contributed by atoms with Gasteiger partial charge >= 0.3 is 18.6 Å². The van der Waals surface area contributed by atoms with Crippen molar-refractivity contribution >= 4 is 11.4 Å². The normalized spacial score (nSPS) is 10.5. The average Bonchev–Trinajstić information content (AvgIpc) is 2.53. The van der Waals surface area contributed by atoms with Crippen LogP contribution in [0.2, 0.25) is 0 Å². The van der Waals surface area contributed by atoms with Crippen LogP contribution in [0.1, 0.15) is 27.7 Å². The third-order valence-electron chi connectivity index (χ3n) is 4.10. The van der Waals surface area contributed by atoms with E-state index in [0.717, 1.165) is 11.4 Å². The van der Waals surface area contributed by atoms with Crippen molar-refractivity contribution in [3.05, 3.63) is 48.5 Å². The minimum atomic E-state index is 0. The SMILES string of the molecule is CC(C)N(C)c1cc[c-]c(Oc2[c-]ccc(N(C)C(C)C)c2)c1.[V+2]. The second-order valence-corrected chi connectivity index (χ2v) is 6.33. The molecule has 0 aliphatic rings. The molecule has 2 rings (SSSR count). The number of anilines is 2. The Morgan fingerprint density at radius 2 is 1.17 bits per heavy atom. The Labute approximate surface area is 158 Å². The summed E-state index contributed by atoms with van der Waals surface area (Å²) in [5, 5.41) is 0. The molecule has 0 bridgehead atoms. The molecule has 24 heavy (non-hydrogen) atoms. The molecular formula is C20H26N2OV. The maximum atomic E-state index is 5.96. The molecule has 0 aliphatic heterocycles. The summed E-state index contributed by atoms with van der Waals surface area (Å²) in [6, 6.07) is 19.0. The molecule has 0 saturated heterocycles. The summed E-state index contributed by atoms with van der Waals surface area (Å²) in [4.78, 5) is 4.40. The Morgan fingerprint density at radius 3 is 1.50 bits per heavy atom. The molecule has 0 unspecified atom stereocenters. The van der Waals surface area contributed by atoms with E-state index in [2.05, 4.69) is 63.7 Å². The monoisotopic (exact) mass is 361 g/mol. The van der Waals surface area contributed by atoms with Crippen LogP contribution in [0.4, 0.5) is 11.4 Å². The second kappa shape index (κ2) is 9.05. The molecule has 0 atom stereocenters. The van der Waals surface area contributed by atoms with E-state index in [1.165, 1.54) is 0 Å². The largest absolute Gasteiger partial charge is 2.00 e. The summed E-state index contributed by atoms with van der Waals surface area (Å²) < 4.78 is 5.96. The van der Waals surface area contributed by atoms with Crippen molar-refractivity contribution in [2.45, 2.75) is 39.8 Å². The van der Waals surface area contributed by atoms with Crippen LogP contribution in [0.3, 0.4) is 0 Å². The van der Waals surface area contributed by atoms with Gasteiger partial charge in [-0.05, 0) is 27.7 Å². The number of hydrogen-bond donors (Lipinski definition) is 0. The number of ether oxygens (including phenoxy) is 1. The predicted octanol–water partition coefficient (Wildman–Crippen LogP) is 4.77. The van der Waals surface area contributed by atoms with Crippen LogP contribution in [-0.2, 0) is 18.6 Å². The van der Waals surface area contributed by atoms with E-state index in [1.807, 2.05) is 36.4 Å². The molecule has 2 aromatic rings. The maximum Gasteiger partial charge on any atom is 2.00 e. The zero-order valence-electron chi connectivity index (χ0n) is 15.4. The van der Waals surface area contributed by atoms with Crippen molar-refractivity contribution in [1.82, 2.24) is 0 Å². The van der Waals surface area contributed by atoms with Crippen LogP contribution < -0.4 is 14.5 Å². The predicted molar refractivity (Wildman–Crippen MR) is 97.7 cm³/mol. The summed E-state index contributed by atoms with van der Waals surface area (Å²) in [6.07, 6.45) is 0. The fourth-order valence-electron chi connectivity index (χ4n) is 2.14. The summed E-state index contributed by atoms with van der Waals surface area (Å²) in [6.45, 7) is 8.65. The number of nitrogens with zero attached hydrogens (tertiary/aromatic N) is 2. The molecule has 3 nitrogen and oxygen atoms in total. The Kier molecular flexibility index (Phi) is 7.72. The first-order chi connectivity index (χ1) is 10.9. The van der Waals surface area contributed by atoms with E-state index in [4.69, 9.17) is 4.74 Å². The minimum absolute atomic E-state index is 0. The van der Waals surface area contributed by atoms with Crippen LogP contribution >= 0.6 is 0 Å². The summed E-state index contributed by atoms with van der Waals surface area (Å²) >= 11 is 0. The van der Waals surface area contributed by atoms with E-state index in [-0.39, 0.29) is 18.6 Å². The molecule has 0 fully saturated rings. The van der Waals surface area contributed by atoms with Gasteiger partial charge < -0.3 is 14.5 Å². The Morgan fingerprint density at radius 1 is 0.792 bits per heavy atom. The summed E-state index contributed by atoms with van der Waals surface area (Å²) in [7, 11) is 4.16. The zero-order valence-corrected chi connectivity index (χ0v) is 16.8. The van der Waals surface area contributed by atoms with Crippen molar-refractivity contribution in [3.63, 3.8) is 0 Å². The fraction of sp³-hybridized carbons (Fsp3) is 0.400. The molecule has 127 valence electrons. The first-order valence-electron chi connectivity index (χ1n) is 8.05. The molecule has 2 aromatic carbocycles. The van der Waals surface area contributed by atoms with Gasteiger partial charge in [-0.1, -0.05) is 11.4 Å². The molecule has 0 saturated carbocycles. The van der Waals surface area contributed by atoms with Crippen LogP contribution in [0.5, 0.6) is 11.5 Å². The minimum Gasteiger partial charge on any atom is -0.509 e. The van der Waals surface area contributed by atoms with E-state index in [0.29, 0.717) is 23.6 Å². The van der Waals surface area contributed by atoms with E-state index in [9.17, 15) is 0 Å². The van der Waals surface area contributed by atoms with Crippen LogP contribution in [0.15, 0.2) is 36.4 Å². The summed E-state index contributed by atoms with van der Waals surface area (Å²) in [5.41, 5.74) is 2.23. The number of rotatable bonds is 6. The molecule has 0 N–H and O–H groups in total. The van der Waals surface area contributed by atoms with E-state index >= 15 is 0 Å².